The maximum Gasteiger partial charge on any atom is 0.417 e. The first kappa shape index (κ1) is 52.4. The van der Waals surface area contributed by atoms with Crippen LogP contribution in [0.1, 0.15) is 76.1 Å². The van der Waals surface area contributed by atoms with Crippen LogP contribution in [0.15, 0.2) is 78.4 Å². The molecule has 20 heteroatoms. The fraction of sp³-hybridized carbons (Fsp3) is 0.449. The highest BCUT2D eigenvalue weighted by Crippen LogP contribution is 2.38. The second-order valence-corrected chi connectivity index (χ2v) is 19.6. The summed E-state index contributed by atoms with van der Waals surface area (Å²) in [5.41, 5.74) is 0.788. The first-order valence-electron chi connectivity index (χ1n) is 22.4. The molecular formula is C49H56F3N7O8S2. The molecule has 4 amide bonds. The second-order valence-electron chi connectivity index (χ2n) is 18.3. The van der Waals surface area contributed by atoms with E-state index in [0.29, 0.717) is 38.4 Å². The number of thiocarbonyl (C=S) groups is 1. The van der Waals surface area contributed by atoms with E-state index in [1.807, 2.05) is 57.2 Å². The number of aromatic nitrogens is 1. The van der Waals surface area contributed by atoms with E-state index in [4.69, 9.17) is 26.4 Å². The Labute approximate surface area is 408 Å². The largest absolute Gasteiger partial charge is 0.494 e. The van der Waals surface area contributed by atoms with Gasteiger partial charge in [0.2, 0.25) is 17.7 Å². The molecule has 0 radical (unpaired) electrons. The van der Waals surface area contributed by atoms with Gasteiger partial charge in [0.1, 0.15) is 30.0 Å². The number of alkyl halides is 3. The van der Waals surface area contributed by atoms with Gasteiger partial charge in [-0.1, -0.05) is 57.2 Å². The zero-order valence-corrected chi connectivity index (χ0v) is 40.6. The number of carbonyl (C=O) groups is 4. The SMILES string of the molecule is CC(C)(C)[C@H](NC(=O)COCCCOCCCOc1ccc(CN2C(=S)N(c3ccc(C#N)c(C(F)(F)F)c3)C(=O)C2(C)C)cc1)C(=O)N1C[C@H](O)C[C@H]1C(=O)NCc1ccc(-c2cncs2)cc1. The van der Waals surface area contributed by atoms with E-state index in [-0.39, 0.29) is 50.1 Å². The fourth-order valence-corrected chi connectivity index (χ4v) is 8.97. The second kappa shape index (κ2) is 22.6. The predicted molar refractivity (Wildman–Crippen MR) is 256 cm³/mol. The van der Waals surface area contributed by atoms with Crippen molar-refractivity contribution in [2.24, 2.45) is 5.41 Å². The number of nitriles is 1. The van der Waals surface area contributed by atoms with Crippen LogP contribution in [0.3, 0.4) is 0 Å². The molecule has 4 aromatic rings. The zero-order chi connectivity index (χ0) is 50.1. The van der Waals surface area contributed by atoms with Crippen molar-refractivity contribution in [2.75, 3.05) is 44.5 Å². The molecule has 368 valence electrons. The van der Waals surface area contributed by atoms with Crippen molar-refractivity contribution in [1.29, 1.82) is 5.26 Å². The van der Waals surface area contributed by atoms with Gasteiger partial charge in [-0.3, -0.25) is 29.1 Å². The monoisotopic (exact) mass is 991 g/mol. The maximum atomic E-state index is 13.9. The molecule has 2 fully saturated rings. The summed E-state index contributed by atoms with van der Waals surface area (Å²) in [4.78, 5) is 63.0. The number of halogens is 3. The van der Waals surface area contributed by atoms with Crippen LogP contribution >= 0.6 is 23.6 Å². The molecular weight excluding hydrogens is 936 g/mol. The normalized spacial score (nSPS) is 17.5. The zero-order valence-electron chi connectivity index (χ0n) is 39.0. The van der Waals surface area contributed by atoms with Crippen molar-refractivity contribution in [3.05, 3.63) is 101 Å². The molecule has 69 heavy (non-hydrogen) atoms. The van der Waals surface area contributed by atoms with E-state index < -0.39 is 70.1 Å². The van der Waals surface area contributed by atoms with Gasteiger partial charge in [0.15, 0.2) is 5.11 Å². The Kier molecular flexibility index (Phi) is 17.2. The quantitative estimate of drug-likeness (QED) is 0.0637. The predicted octanol–water partition coefficient (Wildman–Crippen LogP) is 6.61. The molecule has 0 spiro atoms. The number of rotatable bonds is 20. The summed E-state index contributed by atoms with van der Waals surface area (Å²) in [7, 11) is 0. The number of nitrogens with zero attached hydrogens (tertiary/aromatic N) is 5. The lowest BCUT2D eigenvalue weighted by Gasteiger charge is -2.35. The van der Waals surface area contributed by atoms with Crippen molar-refractivity contribution in [2.45, 2.75) is 96.9 Å². The molecule has 15 nitrogen and oxygen atoms in total. The van der Waals surface area contributed by atoms with Crippen molar-refractivity contribution in [1.82, 2.24) is 25.4 Å². The maximum absolute atomic E-state index is 13.9. The minimum Gasteiger partial charge on any atom is -0.494 e. The van der Waals surface area contributed by atoms with Crippen LogP contribution in [0.2, 0.25) is 0 Å². The summed E-state index contributed by atoms with van der Waals surface area (Å²) in [5, 5.41) is 25.4. The number of nitrogens with one attached hydrogen (secondary N) is 2. The lowest BCUT2D eigenvalue weighted by atomic mass is 9.85. The number of thiazole rings is 1. The highest BCUT2D eigenvalue weighted by molar-refractivity contribution is 7.80. The Morgan fingerprint density at radius 2 is 1.65 bits per heavy atom. The first-order chi connectivity index (χ1) is 32.7. The molecule has 2 saturated heterocycles. The number of hydrogen-bond acceptors (Lipinski definition) is 12. The number of amides is 4. The molecule has 0 aliphatic carbocycles. The van der Waals surface area contributed by atoms with E-state index >= 15 is 0 Å². The van der Waals surface area contributed by atoms with Gasteiger partial charge in [-0.2, -0.15) is 18.4 Å². The third-order valence-electron chi connectivity index (χ3n) is 11.7. The molecule has 2 aliphatic heterocycles. The van der Waals surface area contributed by atoms with Crippen LogP contribution in [0.4, 0.5) is 18.9 Å². The van der Waals surface area contributed by atoms with Gasteiger partial charge in [-0.15, -0.1) is 11.3 Å². The lowest BCUT2D eigenvalue weighted by Crippen LogP contribution is -2.58. The highest BCUT2D eigenvalue weighted by atomic mass is 32.1. The number of hydrogen-bond donors (Lipinski definition) is 3. The van der Waals surface area contributed by atoms with Crippen molar-refractivity contribution >= 4 is 58.0 Å². The van der Waals surface area contributed by atoms with E-state index in [2.05, 4.69) is 15.6 Å². The van der Waals surface area contributed by atoms with Crippen molar-refractivity contribution in [3.8, 4) is 22.3 Å². The first-order valence-corrected chi connectivity index (χ1v) is 23.7. The summed E-state index contributed by atoms with van der Waals surface area (Å²) >= 11 is 7.14. The molecule has 3 aromatic carbocycles. The Balaban J connectivity index is 0.867. The van der Waals surface area contributed by atoms with Gasteiger partial charge in [0.25, 0.3) is 5.91 Å². The summed E-state index contributed by atoms with van der Waals surface area (Å²) in [5.74, 6) is -1.24. The van der Waals surface area contributed by atoms with Crippen LogP contribution in [-0.2, 0) is 47.9 Å². The number of benzene rings is 3. The van der Waals surface area contributed by atoms with Crippen LogP contribution in [0.25, 0.3) is 10.4 Å². The minimum absolute atomic E-state index is 0.0357. The summed E-state index contributed by atoms with van der Waals surface area (Å²) in [6.07, 6.45) is -2.71. The minimum atomic E-state index is -4.79. The van der Waals surface area contributed by atoms with Gasteiger partial charge < -0.3 is 39.8 Å². The van der Waals surface area contributed by atoms with Crippen LogP contribution < -0.4 is 20.3 Å². The van der Waals surface area contributed by atoms with Gasteiger partial charge in [-0.05, 0) is 84.9 Å². The third-order valence-corrected chi connectivity index (χ3v) is 12.9. The molecule has 0 bridgehead atoms. The molecule has 0 saturated carbocycles. The summed E-state index contributed by atoms with van der Waals surface area (Å²) < 4.78 is 58.2. The lowest BCUT2D eigenvalue weighted by molar-refractivity contribution is -0.144. The van der Waals surface area contributed by atoms with E-state index in [0.717, 1.165) is 38.6 Å². The molecule has 3 N–H and O–H groups in total. The summed E-state index contributed by atoms with van der Waals surface area (Å²) in [6, 6.07) is 17.6. The average Bonchev–Trinajstić information content (AvgIpc) is 4.03. The number of anilines is 1. The molecule has 1 aromatic heterocycles. The van der Waals surface area contributed by atoms with E-state index in [9.17, 15) is 42.7 Å². The fourth-order valence-electron chi connectivity index (χ4n) is 7.86. The Bertz CT molecular complexity index is 2490. The molecule has 2 aliphatic rings. The van der Waals surface area contributed by atoms with Crippen LogP contribution in [0, 0.1) is 16.7 Å². The van der Waals surface area contributed by atoms with Crippen molar-refractivity contribution in [3.63, 3.8) is 0 Å². The van der Waals surface area contributed by atoms with Crippen molar-refractivity contribution < 1.29 is 51.7 Å². The number of likely N-dealkylation sites (tertiary alicyclic amines) is 1. The van der Waals surface area contributed by atoms with E-state index in [1.165, 1.54) is 22.3 Å². The Morgan fingerprint density at radius 1 is 0.986 bits per heavy atom. The topological polar surface area (TPSA) is 187 Å². The number of ether oxygens (including phenoxy) is 3. The third kappa shape index (κ3) is 13.2. The summed E-state index contributed by atoms with van der Waals surface area (Å²) in [6.45, 7) is 10.2. The average molecular weight is 992 g/mol. The van der Waals surface area contributed by atoms with Crippen LogP contribution in [0.5, 0.6) is 5.75 Å². The van der Waals surface area contributed by atoms with E-state index in [1.54, 1.807) is 48.7 Å². The van der Waals surface area contributed by atoms with Gasteiger partial charge in [0.05, 0.1) is 46.0 Å². The number of β-amino-alcohol motifs (C(OH)–C–C–N with tert-alkyl or cyclic N) is 1. The number of aliphatic hydroxyl groups excluding tert-OH is 1. The number of aliphatic hydroxyl groups is 1. The Hall–Kier alpha value is -5.98. The number of carbonyl (C=O) groups excluding carboxylic acids is 4. The smallest absolute Gasteiger partial charge is 0.417 e. The van der Waals surface area contributed by atoms with Crippen LogP contribution in [-0.4, -0.2) is 112 Å². The standard InChI is InChI=1S/C49H56F3N7O8S2/c1-47(2,3)42(44(63)57-28-36(60)23-39(57)43(62)55-25-31-8-12-33(13-9-31)40-26-54-30-69-40)56-41(61)29-66-20-6-18-65-19-7-21-67-37-16-10-32(11-17-37)27-58-46(68)59(45(64)48(58,4)5)35-15-14-34(24-53)38(22-35)49(50,51)52/h8-17,22,26,30,36,39,42,60H,6-7,18-21,23,25,27-29H2,1-5H3,(H,55,62)(H,56,61)/t36-,39+,42-/m1/s1. The highest BCUT2D eigenvalue weighted by Gasteiger charge is 2.50. The van der Waals surface area contributed by atoms with Gasteiger partial charge in [-0.25, -0.2) is 0 Å². The van der Waals surface area contributed by atoms with Gasteiger partial charge >= 0.3 is 6.18 Å². The molecule has 0 unspecified atom stereocenters. The molecule has 6 rings (SSSR count). The van der Waals surface area contributed by atoms with Gasteiger partial charge in [0, 0.05) is 58.5 Å². The molecule has 3 heterocycles. The Morgan fingerprint density at radius 3 is 2.29 bits per heavy atom. The molecule has 3 atom stereocenters.